The van der Waals surface area contributed by atoms with Crippen molar-refractivity contribution in [1.29, 1.82) is 0 Å². The molecule has 1 rings (SSSR count). The number of piperidine rings is 1. The van der Waals surface area contributed by atoms with Crippen molar-refractivity contribution < 1.29 is 14.7 Å². The van der Waals surface area contributed by atoms with Gasteiger partial charge in [0, 0.05) is 25.9 Å². The van der Waals surface area contributed by atoms with Gasteiger partial charge in [0.2, 0.25) is 5.91 Å². The highest BCUT2D eigenvalue weighted by atomic mass is 32.2. The molecule has 1 heterocycles. The van der Waals surface area contributed by atoms with Crippen LogP contribution >= 0.6 is 11.8 Å². The van der Waals surface area contributed by atoms with Crippen molar-refractivity contribution >= 4 is 23.6 Å². The number of carboxylic acids is 1. The van der Waals surface area contributed by atoms with Crippen molar-refractivity contribution in [3.8, 4) is 0 Å². The van der Waals surface area contributed by atoms with Gasteiger partial charge in [0.05, 0.1) is 0 Å². The van der Waals surface area contributed by atoms with Crippen LogP contribution in [0.1, 0.15) is 44.9 Å². The third kappa shape index (κ3) is 6.85. The minimum Gasteiger partial charge on any atom is -0.481 e. The van der Waals surface area contributed by atoms with E-state index in [0.29, 0.717) is 18.8 Å². The van der Waals surface area contributed by atoms with E-state index in [1.54, 1.807) is 0 Å². The summed E-state index contributed by atoms with van der Waals surface area (Å²) in [5.41, 5.74) is 0. The fourth-order valence-electron chi connectivity index (χ4n) is 2.54. The molecular formula is C14H25NO3S. The summed E-state index contributed by atoms with van der Waals surface area (Å²) in [6.45, 7) is 1.61. The minimum absolute atomic E-state index is 0.223. The Morgan fingerprint density at radius 3 is 2.79 bits per heavy atom. The molecule has 0 saturated carbocycles. The summed E-state index contributed by atoms with van der Waals surface area (Å²) in [5.74, 6) is 1.01. The lowest BCUT2D eigenvalue weighted by atomic mass is 9.93. The first-order valence-electron chi connectivity index (χ1n) is 7.12. The number of likely N-dealkylation sites (tertiary alicyclic amines) is 1. The third-order valence-corrected chi connectivity index (χ3v) is 4.32. The van der Waals surface area contributed by atoms with Crippen molar-refractivity contribution in [2.24, 2.45) is 5.92 Å². The average Bonchev–Trinajstić information content (AvgIpc) is 2.41. The van der Waals surface area contributed by atoms with Crippen molar-refractivity contribution in [2.45, 2.75) is 44.9 Å². The Hall–Kier alpha value is -0.710. The Balaban J connectivity index is 2.24. The number of amides is 1. The highest BCUT2D eigenvalue weighted by molar-refractivity contribution is 7.98. The number of rotatable bonds is 8. The Morgan fingerprint density at radius 1 is 1.32 bits per heavy atom. The molecule has 110 valence electrons. The molecule has 1 atom stereocenters. The van der Waals surface area contributed by atoms with Crippen LogP contribution in [0.3, 0.4) is 0 Å². The molecule has 1 saturated heterocycles. The van der Waals surface area contributed by atoms with Gasteiger partial charge >= 0.3 is 5.97 Å². The van der Waals surface area contributed by atoms with E-state index in [9.17, 15) is 9.59 Å². The molecule has 19 heavy (non-hydrogen) atoms. The van der Waals surface area contributed by atoms with Gasteiger partial charge < -0.3 is 10.0 Å². The first-order chi connectivity index (χ1) is 9.13. The van der Waals surface area contributed by atoms with Gasteiger partial charge in [-0.15, -0.1) is 0 Å². The van der Waals surface area contributed by atoms with Crippen LogP contribution in [0.2, 0.25) is 0 Å². The average molecular weight is 287 g/mol. The SMILES string of the molecule is CSCCCCC(=O)N1CCCC(CCC(=O)O)C1. The summed E-state index contributed by atoms with van der Waals surface area (Å²) in [5, 5.41) is 8.70. The maximum Gasteiger partial charge on any atom is 0.303 e. The van der Waals surface area contributed by atoms with Gasteiger partial charge in [-0.1, -0.05) is 0 Å². The van der Waals surface area contributed by atoms with Gasteiger partial charge in [-0.25, -0.2) is 0 Å². The summed E-state index contributed by atoms with van der Waals surface area (Å²) in [6.07, 6.45) is 7.79. The van der Waals surface area contributed by atoms with E-state index >= 15 is 0 Å². The molecule has 0 aromatic carbocycles. The molecule has 0 aromatic rings. The zero-order chi connectivity index (χ0) is 14.1. The zero-order valence-corrected chi connectivity index (χ0v) is 12.6. The second-order valence-corrected chi connectivity index (χ2v) is 6.22. The maximum absolute atomic E-state index is 12.0. The Labute approximate surface area is 119 Å². The second kappa shape index (κ2) is 9.23. The molecule has 0 spiro atoms. The molecule has 1 unspecified atom stereocenters. The molecule has 0 bridgehead atoms. The van der Waals surface area contributed by atoms with Crippen LogP contribution in [0.4, 0.5) is 0 Å². The van der Waals surface area contributed by atoms with E-state index in [-0.39, 0.29) is 12.3 Å². The van der Waals surface area contributed by atoms with Crippen LogP contribution in [-0.2, 0) is 9.59 Å². The smallest absolute Gasteiger partial charge is 0.303 e. The lowest BCUT2D eigenvalue weighted by Crippen LogP contribution is -2.39. The topological polar surface area (TPSA) is 57.6 Å². The summed E-state index contributed by atoms with van der Waals surface area (Å²) in [6, 6.07) is 0. The molecule has 0 radical (unpaired) electrons. The monoisotopic (exact) mass is 287 g/mol. The molecule has 1 fully saturated rings. The van der Waals surface area contributed by atoms with E-state index in [4.69, 9.17) is 5.11 Å². The predicted octanol–water partition coefficient (Wildman–Crippen LogP) is 2.62. The summed E-state index contributed by atoms with van der Waals surface area (Å²) in [7, 11) is 0. The number of carbonyl (C=O) groups is 2. The number of carbonyl (C=O) groups excluding carboxylic acids is 1. The summed E-state index contributed by atoms with van der Waals surface area (Å²) < 4.78 is 0. The van der Waals surface area contributed by atoms with Crippen LogP contribution in [0.15, 0.2) is 0 Å². The number of carboxylic acid groups (broad SMARTS) is 1. The number of unbranched alkanes of at least 4 members (excludes halogenated alkanes) is 1. The normalized spacial score (nSPS) is 19.4. The van der Waals surface area contributed by atoms with Crippen molar-refractivity contribution in [1.82, 2.24) is 4.90 Å². The van der Waals surface area contributed by atoms with E-state index in [1.807, 2.05) is 16.7 Å². The highest BCUT2D eigenvalue weighted by Gasteiger charge is 2.23. The second-order valence-electron chi connectivity index (χ2n) is 5.23. The maximum atomic E-state index is 12.0. The molecular weight excluding hydrogens is 262 g/mol. The molecule has 1 aliphatic rings. The van der Waals surface area contributed by atoms with Crippen molar-refractivity contribution in [2.75, 3.05) is 25.1 Å². The predicted molar refractivity (Wildman–Crippen MR) is 78.4 cm³/mol. The number of nitrogens with zero attached hydrogens (tertiary/aromatic N) is 1. The molecule has 0 aromatic heterocycles. The van der Waals surface area contributed by atoms with E-state index in [2.05, 4.69) is 6.26 Å². The zero-order valence-electron chi connectivity index (χ0n) is 11.8. The van der Waals surface area contributed by atoms with Crippen molar-refractivity contribution in [3.05, 3.63) is 0 Å². The Morgan fingerprint density at radius 2 is 2.11 bits per heavy atom. The number of thioether (sulfide) groups is 1. The largest absolute Gasteiger partial charge is 0.481 e. The summed E-state index contributed by atoms with van der Waals surface area (Å²) in [4.78, 5) is 24.6. The number of hydrogen-bond donors (Lipinski definition) is 1. The van der Waals surface area contributed by atoms with E-state index in [1.165, 1.54) is 0 Å². The van der Waals surface area contributed by atoms with Gasteiger partial charge in [-0.3, -0.25) is 9.59 Å². The summed E-state index contributed by atoms with van der Waals surface area (Å²) >= 11 is 1.82. The Kier molecular flexibility index (Phi) is 7.94. The number of hydrogen-bond acceptors (Lipinski definition) is 3. The van der Waals surface area contributed by atoms with Crippen LogP contribution in [0, 0.1) is 5.92 Å². The van der Waals surface area contributed by atoms with E-state index in [0.717, 1.165) is 44.5 Å². The van der Waals surface area contributed by atoms with Crippen LogP contribution < -0.4 is 0 Å². The van der Waals surface area contributed by atoms with Gasteiger partial charge in [-0.2, -0.15) is 11.8 Å². The quantitative estimate of drug-likeness (QED) is 0.697. The van der Waals surface area contributed by atoms with Gasteiger partial charge in [0.15, 0.2) is 0 Å². The van der Waals surface area contributed by atoms with Crippen LogP contribution in [0.5, 0.6) is 0 Å². The molecule has 1 aliphatic heterocycles. The van der Waals surface area contributed by atoms with E-state index < -0.39 is 5.97 Å². The lowest BCUT2D eigenvalue weighted by Gasteiger charge is -2.32. The third-order valence-electron chi connectivity index (χ3n) is 3.63. The number of aliphatic carboxylic acids is 1. The van der Waals surface area contributed by atoms with Gasteiger partial charge in [0.25, 0.3) is 0 Å². The lowest BCUT2D eigenvalue weighted by molar-refractivity contribution is -0.137. The van der Waals surface area contributed by atoms with Gasteiger partial charge in [-0.05, 0) is 50.0 Å². The molecule has 5 heteroatoms. The van der Waals surface area contributed by atoms with Crippen molar-refractivity contribution in [3.63, 3.8) is 0 Å². The first-order valence-corrected chi connectivity index (χ1v) is 8.51. The molecule has 1 amide bonds. The Bertz CT molecular complexity index is 296. The molecule has 0 aliphatic carbocycles. The van der Waals surface area contributed by atoms with Crippen LogP contribution in [-0.4, -0.2) is 47.0 Å². The first kappa shape index (κ1) is 16.3. The fourth-order valence-corrected chi connectivity index (χ4v) is 3.03. The molecule has 1 N–H and O–H groups in total. The highest BCUT2D eigenvalue weighted by Crippen LogP contribution is 2.21. The van der Waals surface area contributed by atoms with Crippen LogP contribution in [0.25, 0.3) is 0 Å². The minimum atomic E-state index is -0.736. The fraction of sp³-hybridized carbons (Fsp3) is 0.857. The standard InChI is InChI=1S/C14H25NO3S/c1-19-10-3-2-6-13(16)15-9-4-5-12(11-15)7-8-14(17)18/h12H,2-11H2,1H3,(H,17,18). The molecule has 4 nitrogen and oxygen atoms in total. The van der Waals surface area contributed by atoms with Gasteiger partial charge in [0.1, 0.15) is 0 Å².